The van der Waals surface area contributed by atoms with Gasteiger partial charge in [-0.2, -0.15) is 0 Å². The third-order valence-electron chi connectivity index (χ3n) is 5.62. The molecule has 186 valence electrons. The van der Waals surface area contributed by atoms with Crippen LogP contribution in [0.5, 0.6) is 0 Å². The summed E-state index contributed by atoms with van der Waals surface area (Å²) in [6.07, 6.45) is 1.98. The Morgan fingerprint density at radius 2 is 1.74 bits per heavy atom. The number of nitrogens with zero attached hydrogens (tertiary/aromatic N) is 2. The summed E-state index contributed by atoms with van der Waals surface area (Å²) in [7, 11) is -3.98. The van der Waals surface area contributed by atoms with Crippen LogP contribution in [0, 0.1) is 12.7 Å². The van der Waals surface area contributed by atoms with E-state index in [2.05, 4.69) is 5.32 Å². The summed E-state index contributed by atoms with van der Waals surface area (Å²) in [6, 6.07) is 12.0. The van der Waals surface area contributed by atoms with Crippen LogP contribution in [-0.2, 0) is 26.2 Å². The van der Waals surface area contributed by atoms with E-state index in [9.17, 15) is 22.4 Å². The monoisotopic (exact) mass is 491 g/mol. The van der Waals surface area contributed by atoms with Gasteiger partial charge in [-0.25, -0.2) is 12.8 Å². The molecule has 0 saturated heterocycles. The highest BCUT2D eigenvalue weighted by atomic mass is 32.2. The number of halogens is 1. The van der Waals surface area contributed by atoms with E-state index in [1.807, 2.05) is 45.0 Å². The molecule has 2 atom stereocenters. The number of benzene rings is 2. The summed E-state index contributed by atoms with van der Waals surface area (Å²) >= 11 is 0. The number of hydrogen-bond donors (Lipinski definition) is 1. The molecule has 2 amide bonds. The predicted octanol–water partition coefficient (Wildman–Crippen LogP) is 3.62. The Kier molecular flexibility index (Phi) is 9.61. The Balaban J connectivity index is 2.45. The largest absolute Gasteiger partial charge is 0.352 e. The second kappa shape index (κ2) is 12.0. The van der Waals surface area contributed by atoms with Gasteiger partial charge in [0.25, 0.3) is 0 Å². The predicted molar refractivity (Wildman–Crippen MR) is 132 cm³/mol. The van der Waals surface area contributed by atoms with E-state index in [-0.39, 0.29) is 24.2 Å². The van der Waals surface area contributed by atoms with Gasteiger partial charge in [0, 0.05) is 12.6 Å². The molecule has 0 aliphatic heterocycles. The zero-order valence-electron chi connectivity index (χ0n) is 20.4. The molecule has 0 heterocycles. The van der Waals surface area contributed by atoms with Crippen LogP contribution < -0.4 is 9.62 Å². The van der Waals surface area contributed by atoms with Crippen molar-refractivity contribution in [1.29, 1.82) is 0 Å². The lowest BCUT2D eigenvalue weighted by Gasteiger charge is -2.33. The summed E-state index contributed by atoms with van der Waals surface area (Å²) in [4.78, 5) is 28.0. The minimum atomic E-state index is -3.98. The molecule has 1 N–H and O–H groups in total. The fraction of sp³-hybridized carbons (Fsp3) is 0.440. The summed E-state index contributed by atoms with van der Waals surface area (Å²) < 4.78 is 40.2. The summed E-state index contributed by atoms with van der Waals surface area (Å²) in [5.74, 6) is -1.66. The molecule has 7 nitrogen and oxygen atoms in total. The zero-order chi connectivity index (χ0) is 25.5. The minimum Gasteiger partial charge on any atom is -0.352 e. The second-order valence-electron chi connectivity index (χ2n) is 8.47. The molecule has 0 aliphatic carbocycles. The Labute approximate surface area is 202 Å². The molecule has 0 spiro atoms. The second-order valence-corrected chi connectivity index (χ2v) is 10.4. The first-order valence-corrected chi connectivity index (χ1v) is 13.2. The third kappa shape index (κ3) is 7.28. The van der Waals surface area contributed by atoms with Gasteiger partial charge in [-0.15, -0.1) is 0 Å². The molecular formula is C25H34FN3O4S. The maximum absolute atomic E-state index is 14.5. The van der Waals surface area contributed by atoms with Crippen LogP contribution in [0.1, 0.15) is 44.7 Å². The van der Waals surface area contributed by atoms with Gasteiger partial charge in [0.1, 0.15) is 18.4 Å². The highest BCUT2D eigenvalue weighted by molar-refractivity contribution is 7.92. The number of para-hydroxylation sites is 1. The topological polar surface area (TPSA) is 86.8 Å². The van der Waals surface area contributed by atoms with Gasteiger partial charge in [0.15, 0.2) is 0 Å². The Morgan fingerprint density at radius 1 is 1.06 bits per heavy atom. The lowest BCUT2D eigenvalue weighted by atomic mass is 10.1. The SMILES string of the molecule is CCC(C)NC(=O)C(CC)N(Cc1cccc(C)c1)C(=O)CN(c1ccccc1F)S(C)(=O)=O. The standard InChI is InChI=1S/C25H34FN3O4S/c1-6-19(4)27-25(31)22(7-2)28(16-20-12-10-11-18(3)15-20)24(30)17-29(34(5,32)33)23-14-9-8-13-21(23)26/h8-15,19,22H,6-7,16-17H2,1-5H3,(H,27,31). The molecular weight excluding hydrogens is 457 g/mol. The van der Waals surface area contributed by atoms with Crippen LogP contribution in [0.15, 0.2) is 48.5 Å². The number of carbonyl (C=O) groups excluding carboxylic acids is 2. The number of nitrogens with one attached hydrogen (secondary N) is 1. The fourth-order valence-electron chi connectivity index (χ4n) is 3.62. The molecule has 0 fully saturated rings. The van der Waals surface area contributed by atoms with Crippen LogP contribution in [0.4, 0.5) is 10.1 Å². The van der Waals surface area contributed by atoms with Crippen LogP contribution in [-0.4, -0.2) is 50.0 Å². The molecule has 0 aliphatic rings. The molecule has 2 unspecified atom stereocenters. The zero-order valence-corrected chi connectivity index (χ0v) is 21.2. The number of amides is 2. The highest BCUT2D eigenvalue weighted by Crippen LogP contribution is 2.22. The molecule has 0 saturated carbocycles. The summed E-state index contributed by atoms with van der Waals surface area (Å²) in [6.45, 7) is 7.02. The van der Waals surface area contributed by atoms with E-state index in [0.29, 0.717) is 6.42 Å². The van der Waals surface area contributed by atoms with Crippen molar-refractivity contribution in [3.8, 4) is 0 Å². The van der Waals surface area contributed by atoms with Gasteiger partial charge in [0.2, 0.25) is 21.8 Å². The van der Waals surface area contributed by atoms with E-state index >= 15 is 0 Å². The molecule has 34 heavy (non-hydrogen) atoms. The van der Waals surface area contributed by atoms with Crippen molar-refractivity contribution in [2.75, 3.05) is 17.1 Å². The number of carbonyl (C=O) groups is 2. The maximum Gasteiger partial charge on any atom is 0.244 e. The smallest absolute Gasteiger partial charge is 0.244 e. The molecule has 2 aromatic carbocycles. The van der Waals surface area contributed by atoms with Gasteiger partial charge >= 0.3 is 0 Å². The Morgan fingerprint density at radius 3 is 2.29 bits per heavy atom. The van der Waals surface area contributed by atoms with Crippen LogP contribution in [0.25, 0.3) is 0 Å². The summed E-state index contributed by atoms with van der Waals surface area (Å²) in [5, 5.41) is 2.91. The number of anilines is 1. The maximum atomic E-state index is 14.5. The van der Waals surface area contributed by atoms with Gasteiger partial charge in [-0.05, 0) is 44.4 Å². The Hall–Kier alpha value is -2.94. The third-order valence-corrected chi connectivity index (χ3v) is 6.75. The Bertz CT molecular complexity index is 1110. The first-order chi connectivity index (χ1) is 16.0. The van der Waals surface area contributed by atoms with Crippen LogP contribution in [0.2, 0.25) is 0 Å². The first kappa shape index (κ1) is 27.3. The van der Waals surface area contributed by atoms with E-state index in [1.54, 1.807) is 6.92 Å². The average molecular weight is 492 g/mol. The van der Waals surface area contributed by atoms with E-state index in [0.717, 1.165) is 34.2 Å². The van der Waals surface area contributed by atoms with Crippen molar-refractivity contribution in [1.82, 2.24) is 10.2 Å². The number of rotatable bonds is 11. The van der Waals surface area contributed by atoms with Crippen LogP contribution >= 0.6 is 0 Å². The summed E-state index contributed by atoms with van der Waals surface area (Å²) in [5.41, 5.74) is 1.58. The van der Waals surface area contributed by atoms with Crippen molar-refractivity contribution < 1.29 is 22.4 Å². The molecule has 0 radical (unpaired) electrons. The van der Waals surface area contributed by atoms with Crippen molar-refractivity contribution in [3.05, 3.63) is 65.5 Å². The van der Waals surface area contributed by atoms with Crippen molar-refractivity contribution >= 4 is 27.5 Å². The lowest BCUT2D eigenvalue weighted by molar-refractivity contribution is -0.140. The lowest BCUT2D eigenvalue weighted by Crippen LogP contribution is -2.53. The van der Waals surface area contributed by atoms with Gasteiger partial charge in [-0.3, -0.25) is 13.9 Å². The molecule has 2 rings (SSSR count). The molecule has 9 heteroatoms. The molecule has 0 bridgehead atoms. The number of hydrogen-bond acceptors (Lipinski definition) is 4. The normalized spacial score (nSPS) is 13.1. The first-order valence-electron chi connectivity index (χ1n) is 11.4. The fourth-order valence-corrected chi connectivity index (χ4v) is 4.47. The highest BCUT2D eigenvalue weighted by Gasteiger charge is 2.32. The molecule has 0 aromatic heterocycles. The van der Waals surface area contributed by atoms with E-state index < -0.39 is 34.3 Å². The van der Waals surface area contributed by atoms with Crippen molar-refractivity contribution in [2.45, 2.75) is 59.2 Å². The minimum absolute atomic E-state index is 0.0802. The van der Waals surface area contributed by atoms with E-state index in [4.69, 9.17) is 0 Å². The van der Waals surface area contributed by atoms with Crippen molar-refractivity contribution in [3.63, 3.8) is 0 Å². The van der Waals surface area contributed by atoms with Crippen molar-refractivity contribution in [2.24, 2.45) is 0 Å². The van der Waals surface area contributed by atoms with Crippen LogP contribution in [0.3, 0.4) is 0 Å². The number of aryl methyl sites for hydroxylation is 1. The van der Waals surface area contributed by atoms with Gasteiger partial charge in [0.05, 0.1) is 11.9 Å². The quantitative estimate of drug-likeness (QED) is 0.520. The van der Waals surface area contributed by atoms with Gasteiger partial charge < -0.3 is 10.2 Å². The van der Waals surface area contributed by atoms with Gasteiger partial charge in [-0.1, -0.05) is 55.8 Å². The van der Waals surface area contributed by atoms with E-state index in [1.165, 1.54) is 23.1 Å². The molecule has 2 aromatic rings. The number of sulfonamides is 1. The average Bonchev–Trinajstić information content (AvgIpc) is 2.77.